The van der Waals surface area contributed by atoms with E-state index in [2.05, 4.69) is 15.4 Å². The number of carbonyl (C=O) groups excluding carboxylic acids is 1. The van der Waals surface area contributed by atoms with E-state index < -0.39 is 49.8 Å². The number of hydrogen-bond donors (Lipinski definition) is 5. The number of fused-ring (bicyclic) bond motifs is 1. The summed E-state index contributed by atoms with van der Waals surface area (Å²) in [6, 6.07) is 0.322. The fraction of sp³-hybridized carbons (Fsp3) is 0.727. The number of nitrogens with zero attached hydrogens (tertiary/aromatic N) is 2. The summed E-state index contributed by atoms with van der Waals surface area (Å²) in [5.41, 5.74) is -2.57. The predicted octanol–water partition coefficient (Wildman–Crippen LogP) is 1.58. The Hall–Kier alpha value is -1.99. The third-order valence-electron chi connectivity index (χ3n) is 6.39. The van der Waals surface area contributed by atoms with E-state index in [9.17, 15) is 29.5 Å². The first-order valence-corrected chi connectivity index (χ1v) is 13.8. The molecular formula is C22H36N4O9P+. The Labute approximate surface area is 209 Å². The summed E-state index contributed by atoms with van der Waals surface area (Å²) in [5.74, 6) is -1.47. The first kappa shape index (κ1) is 28.6. The molecule has 2 aliphatic heterocycles. The minimum atomic E-state index is -3.84. The first-order chi connectivity index (χ1) is 17.0. The van der Waals surface area contributed by atoms with Gasteiger partial charge >= 0.3 is 19.8 Å². The lowest BCUT2D eigenvalue weighted by Crippen LogP contribution is -2.51. The van der Waals surface area contributed by atoms with Gasteiger partial charge in [0, 0.05) is 12.1 Å². The van der Waals surface area contributed by atoms with Crippen molar-refractivity contribution in [3.63, 3.8) is 0 Å². The van der Waals surface area contributed by atoms with Gasteiger partial charge in [0.05, 0.1) is 0 Å². The van der Waals surface area contributed by atoms with Crippen LogP contribution in [0.3, 0.4) is 0 Å². The van der Waals surface area contributed by atoms with Crippen LogP contribution in [0.1, 0.15) is 66.0 Å². The third-order valence-corrected chi connectivity index (χ3v) is 8.04. The summed E-state index contributed by atoms with van der Waals surface area (Å²) < 4.78 is 17.9. The van der Waals surface area contributed by atoms with Gasteiger partial charge in [-0.05, 0) is 32.3 Å². The Morgan fingerprint density at radius 1 is 1.31 bits per heavy atom. The molecule has 2 aliphatic rings. The number of hydrogen-bond acceptors (Lipinski definition) is 10. The van der Waals surface area contributed by atoms with Crippen molar-refractivity contribution in [2.75, 3.05) is 11.9 Å². The zero-order chi connectivity index (χ0) is 26.7. The van der Waals surface area contributed by atoms with Crippen LogP contribution in [-0.2, 0) is 23.4 Å². The minimum Gasteiger partial charge on any atom is -0.480 e. The number of nitrogens with one attached hydrogen (secondary N) is 2. The number of rotatable bonds is 11. The van der Waals surface area contributed by atoms with Crippen LogP contribution >= 0.6 is 8.09 Å². The zero-order valence-corrected chi connectivity index (χ0v) is 21.8. The second-order valence-electron chi connectivity index (χ2n) is 9.29. The Morgan fingerprint density at radius 3 is 2.53 bits per heavy atom. The molecule has 0 aliphatic carbocycles. The molecule has 0 spiro atoms. The van der Waals surface area contributed by atoms with Crippen LogP contribution in [0, 0.1) is 5.92 Å². The Kier molecular flexibility index (Phi) is 9.20. The lowest BCUT2D eigenvalue weighted by atomic mass is 9.96. The normalized spacial score (nSPS) is 30.7. The van der Waals surface area contributed by atoms with E-state index in [-0.39, 0.29) is 30.7 Å². The van der Waals surface area contributed by atoms with Crippen molar-refractivity contribution in [3.8, 4) is 0 Å². The summed E-state index contributed by atoms with van der Waals surface area (Å²) >= 11 is 0. The molecule has 0 saturated carbocycles. The van der Waals surface area contributed by atoms with Gasteiger partial charge in [-0.1, -0.05) is 33.6 Å². The van der Waals surface area contributed by atoms with E-state index >= 15 is 0 Å². The molecular weight excluding hydrogens is 495 g/mol. The van der Waals surface area contributed by atoms with Gasteiger partial charge in [0.2, 0.25) is 5.91 Å². The second kappa shape index (κ2) is 11.6. The monoisotopic (exact) mass is 531 g/mol. The smallest absolute Gasteiger partial charge is 0.480 e. The highest BCUT2D eigenvalue weighted by atomic mass is 31.2. The van der Waals surface area contributed by atoms with Gasteiger partial charge in [0.1, 0.15) is 30.2 Å². The molecule has 2 fully saturated rings. The molecule has 6 atom stereocenters. The molecule has 202 valence electrons. The molecule has 1 unspecified atom stereocenters. The highest BCUT2D eigenvalue weighted by Crippen LogP contribution is 2.61. The van der Waals surface area contributed by atoms with E-state index in [1.165, 1.54) is 19.2 Å². The van der Waals surface area contributed by atoms with Gasteiger partial charge in [-0.25, -0.2) is 4.79 Å². The van der Waals surface area contributed by atoms with Crippen LogP contribution in [0.15, 0.2) is 17.1 Å². The molecule has 1 aromatic heterocycles. The number of carboxylic acid groups (broad SMARTS) is 1. The number of ether oxygens (including phenoxy) is 1. The van der Waals surface area contributed by atoms with Crippen LogP contribution < -0.4 is 16.1 Å². The molecule has 14 heteroatoms. The number of aliphatic hydroxyl groups is 1. The maximum Gasteiger partial charge on any atom is 0.500 e. The van der Waals surface area contributed by atoms with Gasteiger partial charge in [-0.2, -0.15) is 18.9 Å². The van der Waals surface area contributed by atoms with Crippen molar-refractivity contribution in [3.05, 3.63) is 22.7 Å². The molecule has 2 saturated heterocycles. The molecule has 3 heterocycles. The molecule has 36 heavy (non-hydrogen) atoms. The van der Waals surface area contributed by atoms with E-state index in [1.807, 2.05) is 13.8 Å². The topological polar surface area (TPSA) is 181 Å². The summed E-state index contributed by atoms with van der Waals surface area (Å²) in [6.45, 7) is 6.81. The number of aromatic nitrogens is 2. The highest BCUT2D eigenvalue weighted by Gasteiger charge is 2.65. The number of anilines is 1. The van der Waals surface area contributed by atoms with Crippen LogP contribution in [0.5, 0.6) is 0 Å². The Bertz CT molecular complexity index is 1000. The lowest BCUT2D eigenvalue weighted by molar-refractivity contribution is -0.139. The van der Waals surface area contributed by atoms with E-state index in [1.54, 1.807) is 6.92 Å². The Morgan fingerprint density at radius 2 is 1.97 bits per heavy atom. The average molecular weight is 532 g/mol. The molecule has 0 bridgehead atoms. The van der Waals surface area contributed by atoms with Gasteiger partial charge in [0.25, 0.3) is 0 Å². The second-order valence-corrected chi connectivity index (χ2v) is 11.1. The average Bonchev–Trinajstić information content (AvgIpc) is 3.07. The van der Waals surface area contributed by atoms with Gasteiger partial charge in [-0.3, -0.25) is 14.2 Å². The van der Waals surface area contributed by atoms with Crippen LogP contribution in [0.2, 0.25) is 0 Å². The standard InChI is InChI=1S/C22H35N4O9P/c1-5-8-13(9-6-2)18(27)23-16-10-11-26(21(30)24-16)20-22(4,31)17-15(34-20)12-33-36(32,35-17)25-14(7-3)19(28)29/h10-11,13-15,17,20,25,31-32H,5-9,12H2,1-4H3,(H-,23,24,27,28,29,30)/p+1/t14-,15+,17+,20+,22+,36?/m0/s1. The quantitative estimate of drug-likeness (QED) is 0.262. The van der Waals surface area contributed by atoms with E-state index in [0.29, 0.717) is 0 Å². The number of carbonyl (C=O) groups is 2. The maximum absolute atomic E-state index is 12.8. The largest absolute Gasteiger partial charge is 0.500 e. The summed E-state index contributed by atoms with van der Waals surface area (Å²) in [5, 5.41) is 25.7. The molecule has 0 aromatic carbocycles. The highest BCUT2D eigenvalue weighted by molar-refractivity contribution is 7.58. The van der Waals surface area contributed by atoms with Gasteiger partial charge < -0.3 is 20.3 Å². The van der Waals surface area contributed by atoms with Crippen molar-refractivity contribution in [1.29, 1.82) is 0 Å². The summed E-state index contributed by atoms with van der Waals surface area (Å²) in [7, 11) is -3.84. The maximum atomic E-state index is 12.8. The number of aliphatic carboxylic acids is 1. The summed E-state index contributed by atoms with van der Waals surface area (Å²) in [4.78, 5) is 51.5. The zero-order valence-electron chi connectivity index (χ0n) is 20.9. The molecule has 1 amide bonds. The molecule has 5 N–H and O–H groups in total. The van der Waals surface area contributed by atoms with Crippen molar-refractivity contribution < 1.29 is 38.5 Å². The minimum absolute atomic E-state index is 0.0943. The third kappa shape index (κ3) is 6.10. The van der Waals surface area contributed by atoms with E-state index in [0.717, 1.165) is 30.3 Å². The van der Waals surface area contributed by atoms with E-state index in [4.69, 9.17) is 13.8 Å². The summed E-state index contributed by atoms with van der Waals surface area (Å²) in [6.07, 6.45) is 1.50. The number of carboxylic acids is 1. The SMILES string of the molecule is CCCC(CCC)C(=O)Nc1ccn([C@@H]2O[C@@H]3CO[P+](O)(N[C@@H](CC)C(=O)O)O[C@H]3[C@@]2(C)O)c(=O)n1. The van der Waals surface area contributed by atoms with Crippen molar-refractivity contribution >= 4 is 25.8 Å². The molecule has 13 nitrogen and oxygen atoms in total. The lowest BCUT2D eigenvalue weighted by Gasteiger charge is -2.33. The fourth-order valence-electron chi connectivity index (χ4n) is 4.48. The predicted molar refractivity (Wildman–Crippen MR) is 130 cm³/mol. The molecule has 3 rings (SSSR count). The molecule has 0 radical (unpaired) electrons. The van der Waals surface area contributed by atoms with Crippen molar-refractivity contribution in [2.24, 2.45) is 5.92 Å². The van der Waals surface area contributed by atoms with Gasteiger partial charge in [0.15, 0.2) is 12.3 Å². The van der Waals surface area contributed by atoms with Gasteiger partial charge in [-0.15, -0.1) is 5.09 Å². The van der Waals surface area contributed by atoms with Crippen molar-refractivity contribution in [1.82, 2.24) is 14.6 Å². The number of amides is 1. The fourth-order valence-corrected chi connectivity index (χ4v) is 6.37. The Balaban J connectivity index is 1.76. The first-order valence-electron chi connectivity index (χ1n) is 12.2. The van der Waals surface area contributed by atoms with Crippen LogP contribution in [0.4, 0.5) is 5.82 Å². The van der Waals surface area contributed by atoms with Crippen LogP contribution in [-0.4, -0.2) is 67.0 Å². The van der Waals surface area contributed by atoms with Crippen LogP contribution in [0.25, 0.3) is 0 Å². The molecule has 1 aromatic rings. The van der Waals surface area contributed by atoms with Crippen molar-refractivity contribution in [2.45, 2.75) is 89.9 Å².